The first-order valence-corrected chi connectivity index (χ1v) is 12.0. The molecule has 0 amide bonds. The molecule has 1 aromatic carbocycles. The second-order valence-corrected chi connectivity index (χ2v) is 10.3. The fourth-order valence-corrected chi connectivity index (χ4v) is 5.58. The van der Waals surface area contributed by atoms with Crippen LogP contribution in [0.1, 0.15) is 43.4 Å². The largest absolute Gasteiger partial charge is 0.486 e. The van der Waals surface area contributed by atoms with Gasteiger partial charge in [-0.05, 0) is 44.5 Å². The van der Waals surface area contributed by atoms with Gasteiger partial charge in [0.2, 0.25) is 0 Å². The number of rotatable bonds is 6. The Morgan fingerprint density at radius 2 is 1.97 bits per heavy atom. The number of anilines is 1. The molecule has 182 valence electrons. The van der Waals surface area contributed by atoms with Gasteiger partial charge in [0.15, 0.2) is 0 Å². The highest BCUT2D eigenvalue weighted by Gasteiger charge is 2.52. The molecule has 0 aliphatic heterocycles. The van der Waals surface area contributed by atoms with Crippen molar-refractivity contribution in [1.29, 1.82) is 0 Å². The lowest BCUT2D eigenvalue weighted by molar-refractivity contribution is -0.117. The molecule has 0 unspecified atom stereocenters. The van der Waals surface area contributed by atoms with Crippen LogP contribution in [0.2, 0.25) is 0 Å². The maximum atomic E-state index is 15.2. The number of aromatic nitrogens is 4. The quantitative estimate of drug-likeness (QED) is 0.550. The van der Waals surface area contributed by atoms with E-state index in [-0.39, 0.29) is 30.0 Å². The molecule has 3 aromatic rings. The summed E-state index contributed by atoms with van der Waals surface area (Å²) in [6.07, 6.45) is 3.34. The van der Waals surface area contributed by atoms with Crippen molar-refractivity contribution < 1.29 is 26.3 Å². The van der Waals surface area contributed by atoms with Crippen molar-refractivity contribution in [3.8, 4) is 5.75 Å². The summed E-state index contributed by atoms with van der Waals surface area (Å²) in [6, 6.07) is 5.40. The van der Waals surface area contributed by atoms with Gasteiger partial charge in [-0.2, -0.15) is 5.10 Å². The SMILES string of the molecule is Cc1c(O[C@]2(C)CC(F)(F)CC[C@@H]2c2ccnn2C)ccc(S(=O)(=O)Nc2ccncn2)c1F. The Labute approximate surface area is 195 Å². The van der Waals surface area contributed by atoms with Gasteiger partial charge >= 0.3 is 0 Å². The van der Waals surface area contributed by atoms with Gasteiger partial charge in [0.1, 0.15) is 34.2 Å². The number of sulfonamides is 1. The van der Waals surface area contributed by atoms with Crippen molar-refractivity contribution in [2.24, 2.45) is 7.05 Å². The Morgan fingerprint density at radius 1 is 1.21 bits per heavy atom. The van der Waals surface area contributed by atoms with E-state index in [1.54, 1.807) is 30.9 Å². The lowest BCUT2D eigenvalue weighted by Crippen LogP contribution is -2.49. The zero-order chi connectivity index (χ0) is 24.7. The predicted molar refractivity (Wildman–Crippen MR) is 118 cm³/mol. The molecule has 1 aliphatic rings. The zero-order valence-electron chi connectivity index (χ0n) is 18.8. The summed E-state index contributed by atoms with van der Waals surface area (Å²) in [6.45, 7) is 2.91. The molecule has 12 heteroatoms. The minimum atomic E-state index is -4.30. The predicted octanol–water partition coefficient (Wildman–Crippen LogP) is 4.20. The van der Waals surface area contributed by atoms with Gasteiger partial charge < -0.3 is 4.74 Å². The topological polar surface area (TPSA) is 99.0 Å². The number of ether oxygens (including phenoxy) is 1. The molecule has 0 bridgehead atoms. The van der Waals surface area contributed by atoms with Gasteiger partial charge in [0, 0.05) is 43.0 Å². The third-order valence-electron chi connectivity index (χ3n) is 6.12. The lowest BCUT2D eigenvalue weighted by Gasteiger charge is -2.44. The van der Waals surface area contributed by atoms with Crippen LogP contribution < -0.4 is 9.46 Å². The van der Waals surface area contributed by atoms with Gasteiger partial charge in [0.25, 0.3) is 15.9 Å². The van der Waals surface area contributed by atoms with Crippen molar-refractivity contribution in [3.63, 3.8) is 0 Å². The first kappa shape index (κ1) is 24.0. The highest BCUT2D eigenvalue weighted by Crippen LogP contribution is 2.49. The second-order valence-electron chi connectivity index (χ2n) is 8.62. The average molecular weight is 496 g/mol. The lowest BCUT2D eigenvalue weighted by atomic mass is 9.73. The number of hydrogen-bond acceptors (Lipinski definition) is 6. The van der Waals surface area contributed by atoms with Crippen LogP contribution >= 0.6 is 0 Å². The van der Waals surface area contributed by atoms with Gasteiger partial charge in [0.05, 0.1) is 6.42 Å². The number of alkyl halides is 2. The maximum Gasteiger partial charge on any atom is 0.265 e. The van der Waals surface area contributed by atoms with Crippen molar-refractivity contribution in [2.75, 3.05) is 4.72 Å². The third kappa shape index (κ3) is 4.59. The summed E-state index contributed by atoms with van der Waals surface area (Å²) in [4.78, 5) is 6.86. The van der Waals surface area contributed by atoms with E-state index in [1.807, 2.05) is 0 Å². The number of aryl methyl sites for hydroxylation is 1. The van der Waals surface area contributed by atoms with E-state index < -0.39 is 44.6 Å². The Morgan fingerprint density at radius 3 is 2.62 bits per heavy atom. The minimum Gasteiger partial charge on any atom is -0.486 e. The van der Waals surface area contributed by atoms with E-state index in [1.165, 1.54) is 25.3 Å². The fraction of sp³-hybridized carbons (Fsp3) is 0.409. The van der Waals surface area contributed by atoms with Gasteiger partial charge in [-0.15, -0.1) is 0 Å². The number of halogens is 3. The maximum absolute atomic E-state index is 15.2. The molecule has 0 spiro atoms. The number of hydrogen-bond donors (Lipinski definition) is 1. The minimum absolute atomic E-state index is 0.00847. The first-order chi connectivity index (χ1) is 15.9. The van der Waals surface area contributed by atoms with Crippen molar-refractivity contribution in [2.45, 2.75) is 55.4 Å². The van der Waals surface area contributed by atoms with Crippen molar-refractivity contribution in [1.82, 2.24) is 19.7 Å². The highest BCUT2D eigenvalue weighted by atomic mass is 32.2. The molecule has 2 heterocycles. The van der Waals surface area contributed by atoms with Gasteiger partial charge in [-0.1, -0.05) is 0 Å². The number of nitrogens with one attached hydrogen (secondary N) is 1. The normalized spacial score (nSPS) is 22.4. The van der Waals surface area contributed by atoms with E-state index in [4.69, 9.17) is 4.74 Å². The molecule has 2 aromatic heterocycles. The Kier molecular flexibility index (Phi) is 6.05. The van der Waals surface area contributed by atoms with Gasteiger partial charge in [-0.25, -0.2) is 31.6 Å². The van der Waals surface area contributed by atoms with Crippen LogP contribution in [0.25, 0.3) is 0 Å². The Hall–Kier alpha value is -3.15. The van der Waals surface area contributed by atoms with Crippen LogP contribution in [0.3, 0.4) is 0 Å². The molecule has 34 heavy (non-hydrogen) atoms. The molecule has 2 atom stereocenters. The standard InChI is InChI=1S/C22H24F3N5O3S/c1-14-17(4-5-18(20(14)23)34(31,32)29-19-8-10-26-13-27-19)33-21(2)12-22(24,25)9-6-15(21)16-7-11-28-30(16)3/h4-5,7-8,10-11,13,15H,6,9,12H2,1-3H3,(H,26,27,29)/t15-,21-/m1/s1. The third-order valence-corrected chi connectivity index (χ3v) is 7.49. The first-order valence-electron chi connectivity index (χ1n) is 10.5. The number of nitrogens with zero attached hydrogens (tertiary/aromatic N) is 4. The Bertz CT molecular complexity index is 1300. The van der Waals surface area contributed by atoms with E-state index in [0.717, 1.165) is 18.1 Å². The Balaban J connectivity index is 1.68. The van der Waals surface area contributed by atoms with Crippen LogP contribution in [-0.2, 0) is 17.1 Å². The molecule has 8 nitrogen and oxygen atoms in total. The smallest absolute Gasteiger partial charge is 0.265 e. The van der Waals surface area contributed by atoms with Crippen molar-refractivity contribution in [3.05, 3.63) is 60.1 Å². The summed E-state index contributed by atoms with van der Waals surface area (Å²) in [7, 11) is -2.58. The summed E-state index contributed by atoms with van der Waals surface area (Å²) < 4.78 is 79.4. The monoisotopic (exact) mass is 495 g/mol. The molecule has 0 saturated heterocycles. The molecule has 1 aliphatic carbocycles. The molecule has 4 rings (SSSR count). The molecular formula is C22H24F3N5O3S. The van der Waals surface area contributed by atoms with E-state index in [2.05, 4.69) is 19.8 Å². The molecule has 1 fully saturated rings. The summed E-state index contributed by atoms with van der Waals surface area (Å²) in [5.41, 5.74) is -0.763. The van der Waals surface area contributed by atoms with Crippen LogP contribution in [0.4, 0.5) is 19.0 Å². The van der Waals surface area contributed by atoms with Crippen LogP contribution in [0.5, 0.6) is 5.75 Å². The molecular weight excluding hydrogens is 471 g/mol. The van der Waals surface area contributed by atoms with E-state index in [0.29, 0.717) is 0 Å². The summed E-state index contributed by atoms with van der Waals surface area (Å²) >= 11 is 0. The van der Waals surface area contributed by atoms with Crippen molar-refractivity contribution >= 4 is 15.8 Å². The van der Waals surface area contributed by atoms with E-state index >= 15 is 4.39 Å². The van der Waals surface area contributed by atoms with Crippen LogP contribution in [-0.4, -0.2) is 39.7 Å². The van der Waals surface area contributed by atoms with Crippen LogP contribution in [0, 0.1) is 12.7 Å². The summed E-state index contributed by atoms with van der Waals surface area (Å²) in [5, 5.41) is 4.14. The summed E-state index contributed by atoms with van der Waals surface area (Å²) in [5.74, 6) is -4.46. The highest BCUT2D eigenvalue weighted by molar-refractivity contribution is 7.92. The molecule has 1 saturated carbocycles. The van der Waals surface area contributed by atoms with E-state index in [9.17, 15) is 17.2 Å². The molecule has 0 radical (unpaired) electrons. The zero-order valence-corrected chi connectivity index (χ0v) is 19.6. The van der Waals surface area contributed by atoms with Crippen LogP contribution in [0.15, 0.2) is 47.9 Å². The average Bonchev–Trinajstić information content (AvgIpc) is 3.16. The molecule has 1 N–H and O–H groups in total. The van der Waals surface area contributed by atoms with Gasteiger partial charge in [-0.3, -0.25) is 9.40 Å². The fourth-order valence-electron chi connectivity index (χ4n) is 4.44. The number of benzene rings is 1. The second kappa shape index (κ2) is 8.57.